The van der Waals surface area contributed by atoms with Crippen molar-refractivity contribution >= 4 is 24.0 Å². The molecule has 0 aliphatic carbocycles. The minimum absolute atomic E-state index is 0.0508. The highest BCUT2D eigenvalue weighted by Gasteiger charge is 2.14. The van der Waals surface area contributed by atoms with Crippen molar-refractivity contribution in [2.24, 2.45) is 0 Å². The first-order chi connectivity index (χ1) is 8.63. The molecule has 1 rings (SSSR count). The van der Waals surface area contributed by atoms with Gasteiger partial charge >= 0.3 is 0 Å². The van der Waals surface area contributed by atoms with Crippen LogP contribution in [0.5, 0.6) is 0 Å². The molecule has 0 fully saturated rings. The Kier molecular flexibility index (Phi) is 5.85. The van der Waals surface area contributed by atoms with Crippen molar-refractivity contribution in [2.45, 2.75) is 18.7 Å². The predicted octanol–water partition coefficient (Wildman–Crippen LogP) is 2.60. The molecule has 1 amide bonds. The van der Waals surface area contributed by atoms with Gasteiger partial charge in [-0.1, -0.05) is 12.1 Å². The third kappa shape index (κ3) is 3.57. The largest absolute Gasteiger partial charge is 0.343 e. The Balaban J connectivity index is 2.74. The maximum absolute atomic E-state index is 13.5. The number of nitrogens with zero attached hydrogens (tertiary/aromatic N) is 1. The SMILES string of the molecule is CCN(CC)C(=O)CSc1c(F)cccc1C=O. The minimum Gasteiger partial charge on any atom is -0.343 e. The molecule has 1 aromatic rings. The molecular weight excluding hydrogens is 253 g/mol. The molecule has 0 radical (unpaired) electrons. The van der Waals surface area contributed by atoms with E-state index in [0.29, 0.717) is 19.4 Å². The lowest BCUT2D eigenvalue weighted by Crippen LogP contribution is -2.31. The van der Waals surface area contributed by atoms with Gasteiger partial charge in [-0.3, -0.25) is 9.59 Å². The smallest absolute Gasteiger partial charge is 0.232 e. The Morgan fingerprint density at radius 1 is 1.39 bits per heavy atom. The van der Waals surface area contributed by atoms with E-state index in [4.69, 9.17) is 0 Å². The second kappa shape index (κ2) is 7.16. The molecule has 0 saturated heterocycles. The number of hydrogen-bond acceptors (Lipinski definition) is 3. The van der Waals surface area contributed by atoms with Crippen LogP contribution in [0, 0.1) is 5.82 Å². The standard InChI is InChI=1S/C13H16FNO2S/c1-3-15(4-2)12(17)9-18-13-10(8-16)6-5-7-11(13)14/h5-8H,3-4,9H2,1-2H3. The van der Waals surface area contributed by atoms with Gasteiger partial charge in [-0.2, -0.15) is 0 Å². The summed E-state index contributed by atoms with van der Waals surface area (Å²) in [5.74, 6) is -0.370. The van der Waals surface area contributed by atoms with Crippen molar-refractivity contribution < 1.29 is 14.0 Å². The number of hydrogen-bond donors (Lipinski definition) is 0. The van der Waals surface area contributed by atoms with E-state index in [1.54, 1.807) is 11.0 Å². The van der Waals surface area contributed by atoms with Crippen molar-refractivity contribution in [1.29, 1.82) is 0 Å². The summed E-state index contributed by atoms with van der Waals surface area (Å²) in [6, 6.07) is 4.31. The summed E-state index contributed by atoms with van der Waals surface area (Å²) in [5, 5.41) is 0. The van der Waals surface area contributed by atoms with Crippen molar-refractivity contribution in [2.75, 3.05) is 18.8 Å². The molecule has 3 nitrogen and oxygen atoms in total. The summed E-state index contributed by atoms with van der Waals surface area (Å²) in [4.78, 5) is 24.5. The molecule has 98 valence electrons. The average Bonchev–Trinajstić information content (AvgIpc) is 2.38. The molecule has 18 heavy (non-hydrogen) atoms. The molecule has 0 atom stereocenters. The monoisotopic (exact) mass is 269 g/mol. The van der Waals surface area contributed by atoms with Crippen LogP contribution in [0.3, 0.4) is 0 Å². The van der Waals surface area contributed by atoms with Crippen LogP contribution in [0.2, 0.25) is 0 Å². The first-order valence-electron chi connectivity index (χ1n) is 5.78. The zero-order valence-electron chi connectivity index (χ0n) is 10.5. The maximum atomic E-state index is 13.5. The lowest BCUT2D eigenvalue weighted by molar-refractivity contribution is -0.127. The average molecular weight is 269 g/mol. The van der Waals surface area contributed by atoms with Gasteiger partial charge in [0.1, 0.15) is 5.82 Å². The quantitative estimate of drug-likeness (QED) is 0.588. The fraction of sp³-hybridized carbons (Fsp3) is 0.385. The Bertz CT molecular complexity index is 433. The molecule has 0 unspecified atom stereocenters. The first-order valence-corrected chi connectivity index (χ1v) is 6.76. The van der Waals surface area contributed by atoms with Crippen LogP contribution in [-0.2, 0) is 4.79 Å². The van der Waals surface area contributed by atoms with Gasteiger partial charge in [0.15, 0.2) is 6.29 Å². The van der Waals surface area contributed by atoms with E-state index in [1.165, 1.54) is 12.1 Å². The van der Waals surface area contributed by atoms with Crippen LogP contribution >= 0.6 is 11.8 Å². The third-order valence-corrected chi connectivity index (χ3v) is 3.69. The highest BCUT2D eigenvalue weighted by atomic mass is 32.2. The molecule has 1 aromatic carbocycles. The van der Waals surface area contributed by atoms with Crippen LogP contribution in [-0.4, -0.2) is 35.9 Å². The first kappa shape index (κ1) is 14.7. The van der Waals surface area contributed by atoms with E-state index < -0.39 is 5.82 Å². The predicted molar refractivity (Wildman–Crippen MR) is 70.4 cm³/mol. The number of benzene rings is 1. The van der Waals surface area contributed by atoms with Gasteiger partial charge in [-0.15, -0.1) is 11.8 Å². The van der Waals surface area contributed by atoms with Crippen molar-refractivity contribution in [3.8, 4) is 0 Å². The van der Waals surface area contributed by atoms with Gasteiger partial charge in [-0.25, -0.2) is 4.39 Å². The molecule has 5 heteroatoms. The highest BCUT2D eigenvalue weighted by molar-refractivity contribution is 8.00. The summed E-state index contributed by atoms with van der Waals surface area (Å²) in [5.41, 5.74) is 0.285. The number of thioether (sulfide) groups is 1. The normalized spacial score (nSPS) is 10.2. The van der Waals surface area contributed by atoms with Gasteiger partial charge in [0.25, 0.3) is 0 Å². The summed E-state index contributed by atoms with van der Waals surface area (Å²) in [6.07, 6.45) is 0.604. The second-order valence-corrected chi connectivity index (χ2v) is 4.62. The number of aldehydes is 1. The molecule has 0 spiro atoms. The van der Waals surface area contributed by atoms with Gasteiger partial charge in [-0.05, 0) is 19.9 Å². The van der Waals surface area contributed by atoms with Crippen LogP contribution in [0.25, 0.3) is 0 Å². The number of amides is 1. The molecule has 0 aliphatic heterocycles. The van der Waals surface area contributed by atoms with E-state index in [0.717, 1.165) is 11.8 Å². The summed E-state index contributed by atoms with van der Waals surface area (Å²) in [7, 11) is 0. The van der Waals surface area contributed by atoms with Crippen molar-refractivity contribution in [3.63, 3.8) is 0 Å². The number of carbonyl (C=O) groups is 2. The molecule has 0 aromatic heterocycles. The number of halogens is 1. The topological polar surface area (TPSA) is 37.4 Å². The number of carbonyl (C=O) groups excluding carboxylic acids is 2. The van der Waals surface area contributed by atoms with Gasteiger partial charge in [0.2, 0.25) is 5.91 Å². The molecule has 0 aliphatic rings. The molecular formula is C13H16FNO2S. The molecule has 0 N–H and O–H groups in total. The van der Waals surface area contributed by atoms with E-state index in [2.05, 4.69) is 0 Å². The van der Waals surface area contributed by atoms with Crippen LogP contribution in [0.1, 0.15) is 24.2 Å². The van der Waals surface area contributed by atoms with Crippen LogP contribution < -0.4 is 0 Å². The molecule has 0 bridgehead atoms. The van der Waals surface area contributed by atoms with Crippen LogP contribution in [0.4, 0.5) is 4.39 Å². The Morgan fingerprint density at radius 3 is 2.61 bits per heavy atom. The Morgan fingerprint density at radius 2 is 2.06 bits per heavy atom. The Labute approximate surface area is 110 Å². The fourth-order valence-corrected chi connectivity index (χ4v) is 2.51. The number of rotatable bonds is 6. The summed E-state index contributed by atoms with van der Waals surface area (Å²) >= 11 is 1.07. The van der Waals surface area contributed by atoms with Crippen molar-refractivity contribution in [1.82, 2.24) is 4.90 Å². The van der Waals surface area contributed by atoms with Gasteiger partial charge in [0.05, 0.1) is 10.6 Å². The van der Waals surface area contributed by atoms with Crippen LogP contribution in [0.15, 0.2) is 23.1 Å². The van der Waals surface area contributed by atoms with Gasteiger partial charge < -0.3 is 4.90 Å². The zero-order chi connectivity index (χ0) is 13.5. The molecule has 0 heterocycles. The minimum atomic E-state index is -0.461. The van der Waals surface area contributed by atoms with E-state index in [-0.39, 0.29) is 22.1 Å². The lowest BCUT2D eigenvalue weighted by Gasteiger charge is -2.18. The van der Waals surface area contributed by atoms with E-state index in [9.17, 15) is 14.0 Å². The zero-order valence-corrected chi connectivity index (χ0v) is 11.3. The van der Waals surface area contributed by atoms with Gasteiger partial charge in [0, 0.05) is 18.7 Å². The lowest BCUT2D eigenvalue weighted by atomic mass is 10.2. The maximum Gasteiger partial charge on any atom is 0.232 e. The summed E-state index contributed by atoms with van der Waals surface area (Å²) in [6.45, 7) is 5.06. The van der Waals surface area contributed by atoms with E-state index in [1.807, 2.05) is 13.8 Å². The highest BCUT2D eigenvalue weighted by Crippen LogP contribution is 2.25. The van der Waals surface area contributed by atoms with E-state index >= 15 is 0 Å². The molecule has 0 saturated carbocycles. The third-order valence-electron chi connectivity index (χ3n) is 2.58. The fourth-order valence-electron chi connectivity index (χ4n) is 1.57. The second-order valence-electron chi connectivity index (χ2n) is 3.63. The summed E-state index contributed by atoms with van der Waals surface area (Å²) < 4.78 is 13.5. The van der Waals surface area contributed by atoms with Crippen molar-refractivity contribution in [3.05, 3.63) is 29.6 Å². The Hall–Kier alpha value is -1.36.